The van der Waals surface area contributed by atoms with Crippen LogP contribution in [0.3, 0.4) is 0 Å². The molecule has 0 spiro atoms. The van der Waals surface area contributed by atoms with Gasteiger partial charge in [-0.1, -0.05) is 19.9 Å². The van der Waals surface area contributed by atoms with Crippen molar-refractivity contribution in [2.24, 2.45) is 5.92 Å². The van der Waals surface area contributed by atoms with E-state index < -0.39 is 11.8 Å². The van der Waals surface area contributed by atoms with E-state index in [0.29, 0.717) is 17.9 Å². The standard InChI is InChI=1S/C18H21N3O3S/c1-11(2)16(22)20-13-5-4-6-14(9-13)21-18(24)17(23)19-10-15-8-7-12(3)25-15/h4-9,11H,10H2,1-3H3,(H,19,23)(H,20,22)(H,21,24). The van der Waals surface area contributed by atoms with Crippen LogP contribution in [-0.4, -0.2) is 17.7 Å². The van der Waals surface area contributed by atoms with E-state index >= 15 is 0 Å². The summed E-state index contributed by atoms with van der Waals surface area (Å²) < 4.78 is 0. The highest BCUT2D eigenvalue weighted by Crippen LogP contribution is 2.16. The molecule has 3 amide bonds. The second-order valence-electron chi connectivity index (χ2n) is 5.87. The highest BCUT2D eigenvalue weighted by atomic mass is 32.1. The van der Waals surface area contributed by atoms with Crippen molar-refractivity contribution in [2.75, 3.05) is 10.6 Å². The second kappa shape index (κ2) is 8.43. The number of anilines is 2. The van der Waals surface area contributed by atoms with Crippen LogP contribution in [-0.2, 0) is 20.9 Å². The van der Waals surface area contributed by atoms with E-state index in [2.05, 4.69) is 16.0 Å². The predicted molar refractivity (Wildman–Crippen MR) is 99.4 cm³/mol. The first-order valence-corrected chi connectivity index (χ1v) is 8.72. The third-order valence-corrected chi connectivity index (χ3v) is 4.34. The Labute approximate surface area is 150 Å². The van der Waals surface area contributed by atoms with Gasteiger partial charge in [0, 0.05) is 27.0 Å². The summed E-state index contributed by atoms with van der Waals surface area (Å²) in [6.45, 7) is 5.88. The van der Waals surface area contributed by atoms with Crippen LogP contribution in [0.1, 0.15) is 23.6 Å². The van der Waals surface area contributed by atoms with Gasteiger partial charge in [-0.2, -0.15) is 0 Å². The molecule has 1 heterocycles. The molecular formula is C18H21N3O3S. The first-order chi connectivity index (χ1) is 11.8. The predicted octanol–water partition coefficient (Wildman–Crippen LogP) is 2.91. The lowest BCUT2D eigenvalue weighted by Gasteiger charge is -2.10. The largest absolute Gasteiger partial charge is 0.343 e. The van der Waals surface area contributed by atoms with Crippen molar-refractivity contribution in [3.05, 3.63) is 46.2 Å². The summed E-state index contributed by atoms with van der Waals surface area (Å²) in [7, 11) is 0. The van der Waals surface area contributed by atoms with Gasteiger partial charge in [-0.3, -0.25) is 14.4 Å². The fourth-order valence-corrected chi connectivity index (χ4v) is 2.81. The molecule has 2 rings (SSSR count). The van der Waals surface area contributed by atoms with Crippen molar-refractivity contribution in [2.45, 2.75) is 27.3 Å². The molecule has 0 aliphatic heterocycles. The Hall–Kier alpha value is -2.67. The Morgan fingerprint density at radius 2 is 1.68 bits per heavy atom. The molecule has 0 radical (unpaired) electrons. The summed E-state index contributed by atoms with van der Waals surface area (Å²) in [4.78, 5) is 37.7. The Bertz CT molecular complexity index is 783. The molecule has 1 aromatic carbocycles. The quantitative estimate of drug-likeness (QED) is 0.717. The average Bonchev–Trinajstić information content (AvgIpc) is 2.98. The number of hydrogen-bond acceptors (Lipinski definition) is 4. The van der Waals surface area contributed by atoms with Gasteiger partial charge in [0.05, 0.1) is 6.54 Å². The van der Waals surface area contributed by atoms with E-state index in [-0.39, 0.29) is 11.8 Å². The van der Waals surface area contributed by atoms with Gasteiger partial charge in [0.1, 0.15) is 0 Å². The van der Waals surface area contributed by atoms with Crippen LogP contribution in [0.15, 0.2) is 36.4 Å². The van der Waals surface area contributed by atoms with E-state index in [4.69, 9.17) is 0 Å². The normalized spacial score (nSPS) is 10.4. The molecule has 2 aromatic rings. The highest BCUT2D eigenvalue weighted by molar-refractivity contribution is 7.11. The Balaban J connectivity index is 1.90. The van der Waals surface area contributed by atoms with Crippen LogP contribution >= 0.6 is 11.3 Å². The Morgan fingerprint density at radius 1 is 1.00 bits per heavy atom. The smallest absolute Gasteiger partial charge is 0.313 e. The summed E-state index contributed by atoms with van der Waals surface area (Å²) in [5.74, 6) is -1.72. The lowest BCUT2D eigenvalue weighted by atomic mass is 10.2. The molecule has 6 nitrogen and oxygen atoms in total. The van der Waals surface area contributed by atoms with Gasteiger partial charge in [-0.15, -0.1) is 11.3 Å². The van der Waals surface area contributed by atoms with Gasteiger partial charge < -0.3 is 16.0 Å². The Kier molecular flexibility index (Phi) is 6.30. The first kappa shape index (κ1) is 18.7. The van der Waals surface area contributed by atoms with Crippen LogP contribution in [0.5, 0.6) is 0 Å². The summed E-state index contributed by atoms with van der Waals surface area (Å²) in [6.07, 6.45) is 0. The van der Waals surface area contributed by atoms with Crippen LogP contribution in [0.4, 0.5) is 11.4 Å². The number of nitrogens with one attached hydrogen (secondary N) is 3. The molecule has 0 saturated carbocycles. The van der Waals surface area contributed by atoms with E-state index in [1.54, 1.807) is 49.4 Å². The van der Waals surface area contributed by atoms with Crippen molar-refractivity contribution in [3.63, 3.8) is 0 Å². The number of hydrogen-bond donors (Lipinski definition) is 3. The van der Waals surface area contributed by atoms with E-state index in [0.717, 1.165) is 9.75 Å². The van der Waals surface area contributed by atoms with Crippen LogP contribution in [0.25, 0.3) is 0 Å². The minimum absolute atomic E-state index is 0.118. The monoisotopic (exact) mass is 359 g/mol. The minimum Gasteiger partial charge on any atom is -0.343 e. The van der Waals surface area contributed by atoms with Gasteiger partial charge in [0.15, 0.2) is 0 Å². The lowest BCUT2D eigenvalue weighted by Crippen LogP contribution is -2.34. The summed E-state index contributed by atoms with van der Waals surface area (Å²) in [5, 5.41) is 7.85. The van der Waals surface area contributed by atoms with Crippen molar-refractivity contribution in [1.29, 1.82) is 0 Å². The van der Waals surface area contributed by atoms with Gasteiger partial charge in [-0.25, -0.2) is 0 Å². The SMILES string of the molecule is Cc1ccc(CNC(=O)C(=O)Nc2cccc(NC(=O)C(C)C)c2)s1. The van der Waals surface area contributed by atoms with Gasteiger partial charge in [-0.05, 0) is 37.3 Å². The maximum Gasteiger partial charge on any atom is 0.313 e. The summed E-state index contributed by atoms with van der Waals surface area (Å²) in [6, 6.07) is 10.5. The molecule has 0 fully saturated rings. The third kappa shape index (κ3) is 5.72. The zero-order chi connectivity index (χ0) is 18.4. The van der Waals surface area contributed by atoms with Crippen LogP contribution < -0.4 is 16.0 Å². The first-order valence-electron chi connectivity index (χ1n) is 7.90. The molecule has 1 aromatic heterocycles. The molecule has 3 N–H and O–H groups in total. The lowest BCUT2D eigenvalue weighted by molar-refractivity contribution is -0.136. The van der Waals surface area contributed by atoms with Crippen molar-refractivity contribution in [1.82, 2.24) is 5.32 Å². The summed E-state index contributed by atoms with van der Waals surface area (Å²) >= 11 is 1.57. The molecular weight excluding hydrogens is 338 g/mol. The number of thiophene rings is 1. The van der Waals surface area contributed by atoms with E-state index in [1.807, 2.05) is 19.1 Å². The molecule has 0 aliphatic carbocycles. The molecule has 7 heteroatoms. The van der Waals surface area contributed by atoms with Crippen LogP contribution in [0.2, 0.25) is 0 Å². The number of carbonyl (C=O) groups is 3. The fraction of sp³-hybridized carbons (Fsp3) is 0.278. The third-order valence-electron chi connectivity index (χ3n) is 3.34. The van der Waals surface area contributed by atoms with Crippen LogP contribution in [0, 0.1) is 12.8 Å². The number of benzene rings is 1. The molecule has 0 atom stereocenters. The van der Waals surface area contributed by atoms with Crippen molar-refractivity contribution >= 4 is 40.4 Å². The molecule has 0 saturated heterocycles. The van der Waals surface area contributed by atoms with Gasteiger partial charge in [0.25, 0.3) is 0 Å². The molecule has 0 unspecified atom stereocenters. The van der Waals surface area contributed by atoms with Gasteiger partial charge in [0.2, 0.25) is 5.91 Å². The fourth-order valence-electron chi connectivity index (χ4n) is 1.98. The number of amides is 3. The Morgan fingerprint density at radius 3 is 2.28 bits per heavy atom. The summed E-state index contributed by atoms with van der Waals surface area (Å²) in [5.41, 5.74) is 1.000. The molecule has 25 heavy (non-hydrogen) atoms. The molecule has 132 valence electrons. The minimum atomic E-state index is -0.749. The average molecular weight is 359 g/mol. The maximum atomic E-state index is 12.0. The van der Waals surface area contributed by atoms with Gasteiger partial charge >= 0.3 is 11.8 Å². The number of rotatable bonds is 5. The van der Waals surface area contributed by atoms with Crippen molar-refractivity contribution < 1.29 is 14.4 Å². The highest BCUT2D eigenvalue weighted by Gasteiger charge is 2.14. The molecule has 0 aliphatic rings. The number of carbonyl (C=O) groups excluding carboxylic acids is 3. The van der Waals surface area contributed by atoms with Crippen molar-refractivity contribution in [3.8, 4) is 0 Å². The topological polar surface area (TPSA) is 87.3 Å². The zero-order valence-electron chi connectivity index (χ0n) is 14.4. The molecule has 0 bridgehead atoms. The van der Waals surface area contributed by atoms with E-state index in [9.17, 15) is 14.4 Å². The van der Waals surface area contributed by atoms with E-state index in [1.165, 1.54) is 0 Å². The zero-order valence-corrected chi connectivity index (χ0v) is 15.2. The maximum absolute atomic E-state index is 12.0. The second-order valence-corrected chi connectivity index (χ2v) is 7.25. The number of aryl methyl sites for hydroxylation is 1.